The zero-order chi connectivity index (χ0) is 13.8. The maximum absolute atomic E-state index is 13.8. The van der Waals surface area contributed by atoms with Crippen LogP contribution < -0.4 is 10.5 Å². The third-order valence-electron chi connectivity index (χ3n) is 4.40. The van der Waals surface area contributed by atoms with E-state index >= 15 is 0 Å². The topological polar surface area (TPSA) is 35.2 Å². The largest absolute Gasteiger partial charge is 0.494 e. The number of methoxy groups -OCH3 is 1. The monoisotopic (exact) mass is 265 g/mol. The van der Waals surface area contributed by atoms with Crippen LogP contribution in [0.3, 0.4) is 0 Å². The lowest BCUT2D eigenvalue weighted by Crippen LogP contribution is -2.26. The number of rotatable bonds is 4. The lowest BCUT2D eigenvalue weighted by atomic mass is 9.73. The summed E-state index contributed by atoms with van der Waals surface area (Å²) >= 11 is 0. The summed E-state index contributed by atoms with van der Waals surface area (Å²) < 4.78 is 18.8. The van der Waals surface area contributed by atoms with Crippen LogP contribution >= 0.6 is 0 Å². The molecule has 0 bridgehead atoms. The van der Waals surface area contributed by atoms with Crippen molar-refractivity contribution in [3.05, 3.63) is 29.6 Å². The number of halogens is 1. The minimum absolute atomic E-state index is 0.267. The Balaban J connectivity index is 2.19. The molecule has 1 saturated carbocycles. The van der Waals surface area contributed by atoms with Crippen LogP contribution in [0.2, 0.25) is 0 Å². The summed E-state index contributed by atoms with van der Waals surface area (Å²) in [5.74, 6) is 1.62. The van der Waals surface area contributed by atoms with Crippen LogP contribution in [0.5, 0.6) is 5.75 Å². The van der Waals surface area contributed by atoms with Crippen LogP contribution in [0.4, 0.5) is 4.39 Å². The van der Waals surface area contributed by atoms with E-state index in [2.05, 4.69) is 6.92 Å². The molecule has 0 heterocycles. The predicted molar refractivity (Wildman–Crippen MR) is 75.9 cm³/mol. The molecule has 1 aromatic carbocycles. The van der Waals surface area contributed by atoms with E-state index in [1.54, 1.807) is 12.1 Å². The molecular weight excluding hydrogens is 241 g/mol. The van der Waals surface area contributed by atoms with Gasteiger partial charge in [-0.1, -0.05) is 25.8 Å². The maximum atomic E-state index is 13.8. The first kappa shape index (κ1) is 14.3. The van der Waals surface area contributed by atoms with E-state index in [1.165, 1.54) is 32.8 Å². The molecule has 0 amide bonds. The molecule has 0 aliphatic heterocycles. The van der Waals surface area contributed by atoms with Crippen molar-refractivity contribution < 1.29 is 9.13 Å². The number of ether oxygens (including phenoxy) is 1. The Morgan fingerprint density at radius 2 is 2.21 bits per heavy atom. The second kappa shape index (κ2) is 6.38. The molecule has 3 atom stereocenters. The molecular formula is C16H24FNO. The van der Waals surface area contributed by atoms with Crippen LogP contribution in [0.15, 0.2) is 18.2 Å². The molecule has 1 aliphatic rings. The fourth-order valence-electron chi connectivity index (χ4n) is 3.36. The fourth-order valence-corrected chi connectivity index (χ4v) is 3.36. The normalized spacial score (nSPS) is 25.1. The summed E-state index contributed by atoms with van der Waals surface area (Å²) in [5.41, 5.74) is 6.96. The van der Waals surface area contributed by atoms with Crippen molar-refractivity contribution >= 4 is 0 Å². The van der Waals surface area contributed by atoms with E-state index in [0.717, 1.165) is 11.5 Å². The molecule has 2 rings (SSSR count). The first-order valence-corrected chi connectivity index (χ1v) is 7.19. The van der Waals surface area contributed by atoms with E-state index in [-0.39, 0.29) is 11.7 Å². The van der Waals surface area contributed by atoms with E-state index in [0.29, 0.717) is 18.2 Å². The molecule has 2 N–H and O–H groups in total. The number of hydrogen-bond donors (Lipinski definition) is 1. The van der Waals surface area contributed by atoms with Gasteiger partial charge in [-0.15, -0.1) is 0 Å². The summed E-state index contributed by atoms with van der Waals surface area (Å²) in [6.07, 6.45) is 4.99. The third-order valence-corrected chi connectivity index (χ3v) is 4.40. The highest BCUT2D eigenvalue weighted by Gasteiger charge is 2.27. The van der Waals surface area contributed by atoms with E-state index in [1.807, 2.05) is 6.07 Å². The maximum Gasteiger partial charge on any atom is 0.165 e. The minimum atomic E-state index is -0.290. The summed E-state index contributed by atoms with van der Waals surface area (Å²) in [7, 11) is 1.49. The quantitative estimate of drug-likeness (QED) is 0.901. The van der Waals surface area contributed by atoms with Gasteiger partial charge in [-0.3, -0.25) is 0 Å². The van der Waals surface area contributed by atoms with Crippen molar-refractivity contribution in [1.82, 2.24) is 0 Å². The highest BCUT2D eigenvalue weighted by Crippen LogP contribution is 2.38. The van der Waals surface area contributed by atoms with Crippen molar-refractivity contribution in [3.8, 4) is 5.75 Å². The molecule has 2 nitrogen and oxygen atoms in total. The van der Waals surface area contributed by atoms with Gasteiger partial charge in [0.1, 0.15) is 0 Å². The van der Waals surface area contributed by atoms with Crippen LogP contribution in [0, 0.1) is 17.7 Å². The molecule has 19 heavy (non-hydrogen) atoms. The Morgan fingerprint density at radius 3 is 2.79 bits per heavy atom. The Bertz CT molecular complexity index is 421. The highest BCUT2D eigenvalue weighted by molar-refractivity contribution is 5.32. The SMILES string of the molecule is COc1ccc(C(CN)C2CCCC(C)C2)cc1F. The number of hydrogen-bond acceptors (Lipinski definition) is 2. The molecule has 0 radical (unpaired) electrons. The van der Waals surface area contributed by atoms with Gasteiger partial charge in [0.2, 0.25) is 0 Å². The zero-order valence-corrected chi connectivity index (χ0v) is 11.9. The van der Waals surface area contributed by atoms with Gasteiger partial charge in [0.15, 0.2) is 11.6 Å². The first-order chi connectivity index (χ1) is 9.15. The van der Waals surface area contributed by atoms with E-state index < -0.39 is 0 Å². The summed E-state index contributed by atoms with van der Waals surface area (Å²) in [4.78, 5) is 0. The zero-order valence-electron chi connectivity index (χ0n) is 11.9. The summed E-state index contributed by atoms with van der Waals surface area (Å²) in [6.45, 7) is 2.89. The second-order valence-corrected chi connectivity index (χ2v) is 5.77. The summed E-state index contributed by atoms with van der Waals surface area (Å²) in [5, 5.41) is 0. The second-order valence-electron chi connectivity index (χ2n) is 5.77. The lowest BCUT2D eigenvalue weighted by molar-refractivity contribution is 0.247. The van der Waals surface area contributed by atoms with Gasteiger partial charge in [0.05, 0.1) is 7.11 Å². The Labute approximate surface area is 115 Å². The number of benzene rings is 1. The van der Waals surface area contributed by atoms with Gasteiger partial charge in [0, 0.05) is 0 Å². The average molecular weight is 265 g/mol. The fraction of sp³-hybridized carbons (Fsp3) is 0.625. The molecule has 0 aromatic heterocycles. The first-order valence-electron chi connectivity index (χ1n) is 7.19. The average Bonchev–Trinajstić information content (AvgIpc) is 2.40. The molecule has 0 saturated heterocycles. The van der Waals surface area contributed by atoms with E-state index in [4.69, 9.17) is 10.5 Å². The van der Waals surface area contributed by atoms with Crippen molar-refractivity contribution in [1.29, 1.82) is 0 Å². The van der Waals surface area contributed by atoms with E-state index in [9.17, 15) is 4.39 Å². The Kier molecular flexibility index (Phi) is 4.81. The predicted octanol–water partition coefficient (Wildman–Crippen LogP) is 3.70. The Morgan fingerprint density at radius 1 is 1.42 bits per heavy atom. The third kappa shape index (κ3) is 3.27. The Hall–Kier alpha value is -1.09. The smallest absolute Gasteiger partial charge is 0.165 e. The van der Waals surface area contributed by atoms with Crippen molar-refractivity contribution in [2.45, 2.75) is 38.5 Å². The van der Waals surface area contributed by atoms with Crippen LogP contribution in [-0.4, -0.2) is 13.7 Å². The standard InChI is InChI=1S/C16H24FNO/c1-11-4-3-5-12(8-11)14(10-18)13-6-7-16(19-2)15(17)9-13/h6-7,9,11-12,14H,3-5,8,10,18H2,1-2H3. The molecule has 1 fully saturated rings. The van der Waals surface area contributed by atoms with Crippen molar-refractivity contribution in [2.24, 2.45) is 17.6 Å². The molecule has 1 aromatic rings. The van der Waals surface area contributed by atoms with Gasteiger partial charge in [-0.05, 0) is 54.8 Å². The highest BCUT2D eigenvalue weighted by atomic mass is 19.1. The molecule has 3 unspecified atom stereocenters. The van der Waals surface area contributed by atoms with Crippen LogP contribution in [-0.2, 0) is 0 Å². The molecule has 1 aliphatic carbocycles. The minimum Gasteiger partial charge on any atom is -0.494 e. The van der Waals surface area contributed by atoms with Gasteiger partial charge in [-0.25, -0.2) is 4.39 Å². The van der Waals surface area contributed by atoms with Gasteiger partial charge in [-0.2, -0.15) is 0 Å². The van der Waals surface area contributed by atoms with Gasteiger partial charge < -0.3 is 10.5 Å². The van der Waals surface area contributed by atoms with Crippen molar-refractivity contribution in [3.63, 3.8) is 0 Å². The molecule has 3 heteroatoms. The number of nitrogens with two attached hydrogens (primary N) is 1. The van der Waals surface area contributed by atoms with Gasteiger partial charge in [0.25, 0.3) is 0 Å². The molecule has 106 valence electrons. The van der Waals surface area contributed by atoms with Gasteiger partial charge >= 0.3 is 0 Å². The van der Waals surface area contributed by atoms with Crippen molar-refractivity contribution in [2.75, 3.05) is 13.7 Å². The van der Waals surface area contributed by atoms with Crippen LogP contribution in [0.25, 0.3) is 0 Å². The van der Waals surface area contributed by atoms with Crippen LogP contribution in [0.1, 0.15) is 44.1 Å². The summed E-state index contributed by atoms with van der Waals surface area (Å²) in [6, 6.07) is 5.26. The lowest BCUT2D eigenvalue weighted by Gasteiger charge is -2.33. The molecule has 0 spiro atoms.